The molecule has 0 spiro atoms. The van der Waals surface area contributed by atoms with E-state index in [2.05, 4.69) is 6.58 Å². The van der Waals surface area contributed by atoms with Gasteiger partial charge >= 0.3 is 5.97 Å². The number of rotatable bonds is 5. The molecule has 0 aromatic carbocycles. The predicted molar refractivity (Wildman–Crippen MR) is 67.6 cm³/mol. The number of carbonyl (C=O) groups is 2. The topological polar surface area (TPSA) is 63.6 Å². The Labute approximate surface area is 107 Å². The van der Waals surface area contributed by atoms with Crippen LogP contribution in [0.2, 0.25) is 0 Å². The SMILES string of the molecule is C=C(C)C(=O)O[C@H](O)CCC1CC=C(C)C(=O)C1. The van der Waals surface area contributed by atoms with E-state index >= 15 is 0 Å². The lowest BCUT2D eigenvalue weighted by atomic mass is 9.86. The molecule has 0 radical (unpaired) electrons. The minimum atomic E-state index is -1.11. The van der Waals surface area contributed by atoms with E-state index in [1.54, 1.807) is 0 Å². The second-order valence-corrected chi connectivity index (χ2v) is 4.83. The molecule has 4 nitrogen and oxygen atoms in total. The highest BCUT2D eigenvalue weighted by molar-refractivity contribution is 5.95. The summed E-state index contributed by atoms with van der Waals surface area (Å²) in [5.41, 5.74) is 1.08. The van der Waals surface area contributed by atoms with Crippen molar-refractivity contribution >= 4 is 11.8 Å². The van der Waals surface area contributed by atoms with Crippen LogP contribution in [-0.2, 0) is 14.3 Å². The average molecular weight is 252 g/mol. The fraction of sp³-hybridized carbons (Fsp3) is 0.571. The van der Waals surface area contributed by atoms with E-state index in [4.69, 9.17) is 4.74 Å². The van der Waals surface area contributed by atoms with Gasteiger partial charge in [0.1, 0.15) is 0 Å². The van der Waals surface area contributed by atoms with Gasteiger partial charge in [0.05, 0.1) is 0 Å². The fourth-order valence-electron chi connectivity index (χ4n) is 1.85. The second-order valence-electron chi connectivity index (χ2n) is 4.83. The minimum Gasteiger partial charge on any atom is -0.433 e. The van der Waals surface area contributed by atoms with Crippen LogP contribution in [0.3, 0.4) is 0 Å². The number of ketones is 1. The molecular formula is C14H20O4. The van der Waals surface area contributed by atoms with E-state index in [9.17, 15) is 14.7 Å². The van der Waals surface area contributed by atoms with E-state index in [1.165, 1.54) is 6.92 Å². The van der Waals surface area contributed by atoms with Crippen molar-refractivity contribution in [3.8, 4) is 0 Å². The van der Waals surface area contributed by atoms with Crippen LogP contribution in [-0.4, -0.2) is 23.1 Å². The van der Waals surface area contributed by atoms with E-state index in [-0.39, 0.29) is 17.3 Å². The lowest BCUT2D eigenvalue weighted by molar-refractivity contribution is -0.164. The number of aliphatic hydroxyl groups excluding tert-OH is 1. The predicted octanol–water partition coefficient (Wildman–Crippen LogP) is 2.13. The lowest BCUT2D eigenvalue weighted by Crippen LogP contribution is -2.21. The molecule has 0 aromatic heterocycles. The van der Waals surface area contributed by atoms with Gasteiger partial charge in [-0.2, -0.15) is 0 Å². The first-order chi connectivity index (χ1) is 8.40. The Balaban J connectivity index is 2.31. The summed E-state index contributed by atoms with van der Waals surface area (Å²) in [5.74, 6) is -0.183. The molecule has 0 bridgehead atoms. The van der Waals surface area contributed by atoms with E-state index in [0.29, 0.717) is 19.3 Å². The van der Waals surface area contributed by atoms with Crippen molar-refractivity contribution < 1.29 is 19.4 Å². The molecule has 1 aliphatic carbocycles. The van der Waals surface area contributed by atoms with Crippen LogP contribution in [0.15, 0.2) is 23.8 Å². The largest absolute Gasteiger partial charge is 0.433 e. The number of hydrogen-bond acceptors (Lipinski definition) is 4. The number of aliphatic hydroxyl groups is 1. The standard InChI is InChI=1S/C14H20O4/c1-9(2)14(17)18-13(16)7-6-11-5-4-10(3)12(15)8-11/h4,11,13,16H,1,5-8H2,2-3H3/t11?,13-/m0/s1. The van der Waals surface area contributed by atoms with Crippen LogP contribution in [0.1, 0.15) is 39.5 Å². The second kappa shape index (κ2) is 6.50. The van der Waals surface area contributed by atoms with Crippen LogP contribution in [0, 0.1) is 5.92 Å². The minimum absolute atomic E-state index is 0.166. The Morgan fingerprint density at radius 1 is 1.67 bits per heavy atom. The molecule has 1 unspecified atom stereocenters. The van der Waals surface area contributed by atoms with E-state index in [0.717, 1.165) is 12.0 Å². The highest BCUT2D eigenvalue weighted by Crippen LogP contribution is 2.25. The third-order valence-electron chi connectivity index (χ3n) is 3.08. The van der Waals surface area contributed by atoms with Gasteiger partial charge in [-0.25, -0.2) is 4.79 Å². The van der Waals surface area contributed by atoms with Crippen LogP contribution in [0.25, 0.3) is 0 Å². The smallest absolute Gasteiger partial charge is 0.335 e. The number of allylic oxidation sites excluding steroid dienone is 2. The molecule has 0 fully saturated rings. The Kier molecular flexibility index (Phi) is 5.28. The van der Waals surface area contributed by atoms with Crippen LogP contribution < -0.4 is 0 Å². The summed E-state index contributed by atoms with van der Waals surface area (Å²) >= 11 is 0. The normalized spacial score (nSPS) is 21.2. The third-order valence-corrected chi connectivity index (χ3v) is 3.08. The summed E-state index contributed by atoms with van der Waals surface area (Å²) < 4.78 is 4.77. The Hall–Kier alpha value is -1.42. The molecular weight excluding hydrogens is 232 g/mol. The zero-order valence-electron chi connectivity index (χ0n) is 10.9. The van der Waals surface area contributed by atoms with Crippen molar-refractivity contribution in [3.05, 3.63) is 23.8 Å². The highest BCUT2D eigenvalue weighted by Gasteiger charge is 2.21. The van der Waals surface area contributed by atoms with Gasteiger partial charge in [-0.1, -0.05) is 12.7 Å². The number of carbonyl (C=O) groups excluding carboxylic acids is 2. The molecule has 0 amide bonds. The fourth-order valence-corrected chi connectivity index (χ4v) is 1.85. The quantitative estimate of drug-likeness (QED) is 0.462. The molecule has 1 N–H and O–H groups in total. The molecule has 1 aliphatic rings. The molecule has 0 aliphatic heterocycles. The lowest BCUT2D eigenvalue weighted by Gasteiger charge is -2.20. The molecule has 0 saturated heterocycles. The van der Waals surface area contributed by atoms with Gasteiger partial charge < -0.3 is 9.84 Å². The molecule has 100 valence electrons. The van der Waals surface area contributed by atoms with Crippen molar-refractivity contribution in [3.63, 3.8) is 0 Å². The summed E-state index contributed by atoms with van der Waals surface area (Å²) in [6.45, 7) is 6.79. The highest BCUT2D eigenvalue weighted by atomic mass is 16.6. The molecule has 0 saturated carbocycles. The van der Waals surface area contributed by atoms with Crippen LogP contribution in [0.4, 0.5) is 0 Å². The van der Waals surface area contributed by atoms with Crippen LogP contribution >= 0.6 is 0 Å². The number of esters is 1. The first-order valence-corrected chi connectivity index (χ1v) is 6.14. The van der Waals surface area contributed by atoms with Gasteiger partial charge in [0, 0.05) is 18.4 Å². The maximum absolute atomic E-state index is 11.5. The maximum Gasteiger partial charge on any atom is 0.335 e. The Bertz CT molecular complexity index is 381. The molecule has 4 heteroatoms. The Morgan fingerprint density at radius 2 is 2.33 bits per heavy atom. The van der Waals surface area contributed by atoms with Gasteiger partial charge in [-0.15, -0.1) is 0 Å². The number of Topliss-reactive ketones (excluding diaryl/α,β-unsaturated/α-hetero) is 1. The molecule has 18 heavy (non-hydrogen) atoms. The zero-order chi connectivity index (χ0) is 13.7. The van der Waals surface area contributed by atoms with E-state index < -0.39 is 12.3 Å². The van der Waals surface area contributed by atoms with Gasteiger partial charge in [0.2, 0.25) is 6.29 Å². The maximum atomic E-state index is 11.5. The number of ether oxygens (including phenoxy) is 1. The van der Waals surface area contributed by atoms with Crippen molar-refractivity contribution in [2.24, 2.45) is 5.92 Å². The first kappa shape index (κ1) is 14.6. The molecule has 0 aromatic rings. The number of hydrogen-bond donors (Lipinski definition) is 1. The van der Waals surface area contributed by atoms with Gasteiger partial charge in [0.15, 0.2) is 5.78 Å². The van der Waals surface area contributed by atoms with Gasteiger partial charge in [0.25, 0.3) is 0 Å². The van der Waals surface area contributed by atoms with Crippen molar-refractivity contribution in [1.82, 2.24) is 0 Å². The first-order valence-electron chi connectivity index (χ1n) is 6.14. The van der Waals surface area contributed by atoms with Crippen molar-refractivity contribution in [1.29, 1.82) is 0 Å². The van der Waals surface area contributed by atoms with Gasteiger partial charge in [-0.3, -0.25) is 4.79 Å². The summed E-state index contributed by atoms with van der Waals surface area (Å²) in [4.78, 5) is 22.6. The average Bonchev–Trinajstić information content (AvgIpc) is 2.30. The zero-order valence-corrected chi connectivity index (χ0v) is 10.9. The van der Waals surface area contributed by atoms with Gasteiger partial charge in [-0.05, 0) is 38.2 Å². The monoisotopic (exact) mass is 252 g/mol. The third kappa shape index (κ3) is 4.45. The molecule has 0 heterocycles. The summed E-state index contributed by atoms with van der Waals surface area (Å²) in [6, 6.07) is 0. The summed E-state index contributed by atoms with van der Waals surface area (Å²) in [6.07, 6.45) is 3.20. The van der Waals surface area contributed by atoms with Crippen LogP contribution in [0.5, 0.6) is 0 Å². The summed E-state index contributed by atoms with van der Waals surface area (Å²) in [5, 5.41) is 9.53. The van der Waals surface area contributed by atoms with Crippen molar-refractivity contribution in [2.45, 2.75) is 45.8 Å². The summed E-state index contributed by atoms with van der Waals surface area (Å²) in [7, 11) is 0. The van der Waals surface area contributed by atoms with Crippen molar-refractivity contribution in [2.75, 3.05) is 0 Å². The molecule has 1 rings (SSSR count). The Morgan fingerprint density at radius 3 is 2.89 bits per heavy atom. The van der Waals surface area contributed by atoms with E-state index in [1.807, 2.05) is 13.0 Å². The molecule has 2 atom stereocenters.